The van der Waals surface area contributed by atoms with Gasteiger partial charge < -0.3 is 10.6 Å². The van der Waals surface area contributed by atoms with E-state index in [0.29, 0.717) is 12.1 Å². The Kier molecular flexibility index (Phi) is 6.09. The molecule has 1 aromatic carbocycles. The quantitative estimate of drug-likeness (QED) is 0.604. The van der Waals surface area contributed by atoms with Gasteiger partial charge in [-0.2, -0.15) is 0 Å². The van der Waals surface area contributed by atoms with E-state index in [1.165, 1.54) is 0 Å². The van der Waals surface area contributed by atoms with Crippen LogP contribution in [0.1, 0.15) is 66.2 Å². The van der Waals surface area contributed by atoms with Crippen molar-refractivity contribution in [1.29, 1.82) is 0 Å². The van der Waals surface area contributed by atoms with Gasteiger partial charge in [0.2, 0.25) is 5.82 Å². The van der Waals surface area contributed by atoms with Crippen molar-refractivity contribution >= 4 is 23.0 Å². The Labute approximate surface area is 165 Å². The number of nitrogens with one attached hydrogen (secondary N) is 2. The van der Waals surface area contributed by atoms with Crippen molar-refractivity contribution in [2.75, 3.05) is 11.9 Å². The standard InChI is InChI=1S/C22H26N4O2/c1-4-5-13-23-22(28)20-25-19(18-12-8-9-14-26(18)20)21(27)24-17-11-7-6-10-16(17)15(2)3/h6-12,14-15H,4-5,13H2,1-3H3,(H,23,28)(H,24,27). The normalized spacial score (nSPS) is 11.0. The number of carbonyl (C=O) groups is 2. The summed E-state index contributed by atoms with van der Waals surface area (Å²) in [5.74, 6) is -0.121. The van der Waals surface area contributed by atoms with Crippen LogP contribution in [0.3, 0.4) is 0 Å². The molecule has 6 heteroatoms. The van der Waals surface area contributed by atoms with Gasteiger partial charge in [0.15, 0.2) is 5.69 Å². The summed E-state index contributed by atoms with van der Waals surface area (Å²) in [6.45, 7) is 6.81. The molecule has 0 atom stereocenters. The van der Waals surface area contributed by atoms with E-state index in [9.17, 15) is 9.59 Å². The van der Waals surface area contributed by atoms with Crippen LogP contribution in [0.15, 0.2) is 48.7 Å². The predicted molar refractivity (Wildman–Crippen MR) is 111 cm³/mol. The van der Waals surface area contributed by atoms with E-state index in [2.05, 4.69) is 36.4 Å². The van der Waals surface area contributed by atoms with Crippen molar-refractivity contribution in [2.45, 2.75) is 39.5 Å². The van der Waals surface area contributed by atoms with E-state index < -0.39 is 0 Å². The Morgan fingerprint density at radius 3 is 2.57 bits per heavy atom. The summed E-state index contributed by atoms with van der Waals surface area (Å²) in [6.07, 6.45) is 3.63. The van der Waals surface area contributed by atoms with Gasteiger partial charge in [-0.1, -0.05) is 51.5 Å². The highest BCUT2D eigenvalue weighted by Crippen LogP contribution is 2.24. The van der Waals surface area contributed by atoms with Gasteiger partial charge in [-0.15, -0.1) is 0 Å². The number of anilines is 1. The number of benzene rings is 1. The van der Waals surface area contributed by atoms with Gasteiger partial charge in [0, 0.05) is 18.4 Å². The molecule has 0 bridgehead atoms. The molecule has 2 heterocycles. The van der Waals surface area contributed by atoms with Gasteiger partial charge in [0.1, 0.15) is 0 Å². The van der Waals surface area contributed by atoms with Crippen LogP contribution in [0.25, 0.3) is 5.52 Å². The molecular weight excluding hydrogens is 352 g/mol. The third-order valence-electron chi connectivity index (χ3n) is 4.61. The van der Waals surface area contributed by atoms with Crippen molar-refractivity contribution in [1.82, 2.24) is 14.7 Å². The number of unbranched alkanes of at least 4 members (excludes halogenated alkanes) is 1. The molecule has 0 aliphatic heterocycles. The molecule has 0 fully saturated rings. The Hall–Kier alpha value is -3.15. The third-order valence-corrected chi connectivity index (χ3v) is 4.61. The number of imidazole rings is 1. The second kappa shape index (κ2) is 8.69. The first kappa shape index (κ1) is 19.6. The van der Waals surface area contributed by atoms with Crippen molar-refractivity contribution in [3.05, 3.63) is 65.7 Å². The van der Waals surface area contributed by atoms with Crippen LogP contribution < -0.4 is 10.6 Å². The second-order valence-electron chi connectivity index (χ2n) is 7.05. The fourth-order valence-electron chi connectivity index (χ4n) is 3.12. The Morgan fingerprint density at radius 2 is 1.82 bits per heavy atom. The van der Waals surface area contributed by atoms with Crippen LogP contribution in [0, 0.1) is 0 Å². The average Bonchev–Trinajstić information content (AvgIpc) is 3.08. The molecule has 0 aliphatic carbocycles. The first-order valence-corrected chi connectivity index (χ1v) is 9.68. The number of fused-ring (bicyclic) bond motifs is 1. The van der Waals surface area contributed by atoms with E-state index in [0.717, 1.165) is 24.1 Å². The van der Waals surface area contributed by atoms with Crippen molar-refractivity contribution in [3.8, 4) is 0 Å². The highest BCUT2D eigenvalue weighted by atomic mass is 16.2. The molecular formula is C22H26N4O2. The van der Waals surface area contributed by atoms with E-state index in [1.807, 2.05) is 36.4 Å². The molecule has 3 aromatic rings. The number of rotatable bonds is 7. The monoisotopic (exact) mass is 378 g/mol. The van der Waals surface area contributed by atoms with Crippen LogP contribution in [-0.4, -0.2) is 27.7 Å². The fourth-order valence-corrected chi connectivity index (χ4v) is 3.12. The lowest BCUT2D eigenvalue weighted by molar-refractivity contribution is 0.0942. The van der Waals surface area contributed by atoms with Crippen LogP contribution >= 0.6 is 0 Å². The van der Waals surface area contributed by atoms with E-state index in [-0.39, 0.29) is 29.3 Å². The first-order chi connectivity index (χ1) is 13.5. The lowest BCUT2D eigenvalue weighted by Crippen LogP contribution is -2.26. The molecule has 6 nitrogen and oxygen atoms in total. The van der Waals surface area contributed by atoms with Crippen molar-refractivity contribution in [2.24, 2.45) is 0 Å². The molecule has 146 valence electrons. The molecule has 2 N–H and O–H groups in total. The summed E-state index contributed by atoms with van der Waals surface area (Å²) >= 11 is 0. The number of aromatic nitrogens is 2. The number of hydrogen-bond acceptors (Lipinski definition) is 3. The maximum Gasteiger partial charge on any atom is 0.287 e. The zero-order valence-electron chi connectivity index (χ0n) is 16.5. The third kappa shape index (κ3) is 4.06. The predicted octanol–water partition coefficient (Wildman–Crippen LogP) is 4.24. The summed E-state index contributed by atoms with van der Waals surface area (Å²) in [5.41, 5.74) is 2.65. The molecule has 0 unspecified atom stereocenters. The van der Waals surface area contributed by atoms with Crippen molar-refractivity contribution < 1.29 is 9.59 Å². The molecule has 0 saturated carbocycles. The Balaban J connectivity index is 1.93. The minimum atomic E-state index is -0.329. The minimum absolute atomic E-state index is 0.217. The molecule has 2 aromatic heterocycles. The molecule has 0 saturated heterocycles. The smallest absolute Gasteiger partial charge is 0.287 e. The highest BCUT2D eigenvalue weighted by Gasteiger charge is 2.22. The summed E-state index contributed by atoms with van der Waals surface area (Å²) < 4.78 is 1.66. The molecule has 0 aliphatic rings. The number of amides is 2. The second-order valence-corrected chi connectivity index (χ2v) is 7.05. The molecule has 2 amide bonds. The summed E-state index contributed by atoms with van der Waals surface area (Å²) in [4.78, 5) is 29.9. The van der Waals surface area contributed by atoms with Gasteiger partial charge in [-0.3, -0.25) is 14.0 Å². The van der Waals surface area contributed by atoms with Gasteiger partial charge in [0.05, 0.1) is 5.52 Å². The number of para-hydroxylation sites is 1. The van der Waals surface area contributed by atoms with Crippen LogP contribution in [0.4, 0.5) is 5.69 Å². The number of carbonyl (C=O) groups excluding carboxylic acids is 2. The number of nitrogens with zero attached hydrogens (tertiary/aromatic N) is 2. The molecule has 0 spiro atoms. The molecule has 0 radical (unpaired) electrons. The van der Waals surface area contributed by atoms with Gasteiger partial charge in [-0.05, 0) is 36.1 Å². The summed E-state index contributed by atoms with van der Waals surface area (Å²) in [5, 5.41) is 5.82. The molecule has 28 heavy (non-hydrogen) atoms. The topological polar surface area (TPSA) is 75.5 Å². The number of pyridine rings is 1. The Morgan fingerprint density at radius 1 is 1.07 bits per heavy atom. The first-order valence-electron chi connectivity index (χ1n) is 9.68. The van der Waals surface area contributed by atoms with E-state index >= 15 is 0 Å². The largest absolute Gasteiger partial charge is 0.349 e. The van der Waals surface area contributed by atoms with Gasteiger partial charge in [-0.25, -0.2) is 4.98 Å². The molecule has 3 rings (SSSR count). The summed E-state index contributed by atoms with van der Waals surface area (Å²) in [6, 6.07) is 13.2. The SMILES string of the molecule is CCCCNC(=O)c1nc(C(=O)Nc2ccccc2C(C)C)c2ccccn12. The maximum absolute atomic E-state index is 13.0. The highest BCUT2D eigenvalue weighted by molar-refractivity contribution is 6.09. The van der Waals surface area contributed by atoms with Crippen LogP contribution in [0.5, 0.6) is 0 Å². The average molecular weight is 378 g/mol. The number of hydrogen-bond donors (Lipinski definition) is 2. The minimum Gasteiger partial charge on any atom is -0.349 e. The fraction of sp³-hybridized carbons (Fsp3) is 0.318. The van der Waals surface area contributed by atoms with Crippen molar-refractivity contribution in [3.63, 3.8) is 0 Å². The lowest BCUT2D eigenvalue weighted by Gasteiger charge is -2.13. The van der Waals surface area contributed by atoms with E-state index in [4.69, 9.17) is 0 Å². The van der Waals surface area contributed by atoms with Gasteiger partial charge in [0.25, 0.3) is 11.8 Å². The zero-order chi connectivity index (χ0) is 20.1. The van der Waals surface area contributed by atoms with Crippen LogP contribution in [0.2, 0.25) is 0 Å². The Bertz CT molecular complexity index is 991. The maximum atomic E-state index is 13.0. The zero-order valence-corrected chi connectivity index (χ0v) is 16.5. The summed E-state index contributed by atoms with van der Waals surface area (Å²) in [7, 11) is 0. The van der Waals surface area contributed by atoms with E-state index in [1.54, 1.807) is 16.7 Å². The lowest BCUT2D eigenvalue weighted by atomic mass is 10.0. The van der Waals surface area contributed by atoms with Crippen LogP contribution in [-0.2, 0) is 0 Å². The van der Waals surface area contributed by atoms with Gasteiger partial charge >= 0.3 is 0 Å².